The SMILES string of the molecule is CC1CN(CCCNS(=O)(=O)c2ccccc2Cl)CC(C)O1. The highest BCUT2D eigenvalue weighted by molar-refractivity contribution is 7.89. The van der Waals surface area contributed by atoms with Gasteiger partial charge in [0.15, 0.2) is 0 Å². The number of nitrogens with one attached hydrogen (secondary N) is 1. The quantitative estimate of drug-likeness (QED) is 0.801. The van der Waals surface area contributed by atoms with E-state index in [1.165, 1.54) is 6.07 Å². The molecule has 1 N–H and O–H groups in total. The predicted molar refractivity (Wildman–Crippen MR) is 87.7 cm³/mol. The lowest BCUT2D eigenvalue weighted by Crippen LogP contribution is -2.46. The summed E-state index contributed by atoms with van der Waals surface area (Å²) in [4.78, 5) is 2.44. The van der Waals surface area contributed by atoms with Gasteiger partial charge in [0, 0.05) is 19.6 Å². The summed E-state index contributed by atoms with van der Waals surface area (Å²) in [5.41, 5.74) is 0. The number of ether oxygens (including phenoxy) is 1. The van der Waals surface area contributed by atoms with Crippen LogP contribution in [0.5, 0.6) is 0 Å². The molecule has 0 radical (unpaired) electrons. The molecule has 1 fully saturated rings. The van der Waals surface area contributed by atoms with Gasteiger partial charge in [0.05, 0.1) is 17.2 Å². The van der Waals surface area contributed by atoms with Crippen LogP contribution in [0.4, 0.5) is 0 Å². The van der Waals surface area contributed by atoms with Crippen molar-refractivity contribution >= 4 is 21.6 Å². The molecule has 0 spiro atoms. The first-order valence-electron chi connectivity index (χ1n) is 7.50. The van der Waals surface area contributed by atoms with Crippen molar-refractivity contribution in [1.82, 2.24) is 9.62 Å². The van der Waals surface area contributed by atoms with Crippen LogP contribution in [-0.2, 0) is 14.8 Å². The third kappa shape index (κ3) is 4.93. The normalized spacial score (nSPS) is 23.6. The van der Waals surface area contributed by atoms with Gasteiger partial charge in [0.2, 0.25) is 10.0 Å². The van der Waals surface area contributed by atoms with Crippen molar-refractivity contribution in [3.63, 3.8) is 0 Å². The summed E-state index contributed by atoms with van der Waals surface area (Å²) in [6.07, 6.45) is 1.20. The molecule has 2 rings (SSSR count). The molecule has 2 unspecified atom stereocenters. The average molecular weight is 347 g/mol. The van der Waals surface area contributed by atoms with Crippen molar-refractivity contribution in [2.45, 2.75) is 37.4 Å². The standard InChI is InChI=1S/C15H23ClN2O3S/c1-12-10-18(11-13(2)21-12)9-5-8-17-22(19,20)15-7-4-3-6-14(15)16/h3-4,6-7,12-13,17H,5,8-11H2,1-2H3. The van der Waals surface area contributed by atoms with Gasteiger partial charge in [-0.3, -0.25) is 4.90 Å². The van der Waals surface area contributed by atoms with Crippen molar-refractivity contribution in [3.8, 4) is 0 Å². The Kier molecular flexibility index (Phi) is 6.23. The molecule has 1 aromatic carbocycles. The van der Waals surface area contributed by atoms with Gasteiger partial charge < -0.3 is 4.74 Å². The molecule has 0 amide bonds. The zero-order valence-corrected chi connectivity index (χ0v) is 14.5. The Bertz CT molecular complexity index is 584. The molecule has 1 saturated heterocycles. The maximum absolute atomic E-state index is 12.2. The minimum absolute atomic E-state index is 0.130. The van der Waals surface area contributed by atoms with Gasteiger partial charge in [-0.05, 0) is 38.9 Å². The van der Waals surface area contributed by atoms with Crippen molar-refractivity contribution in [1.29, 1.82) is 0 Å². The van der Waals surface area contributed by atoms with Crippen LogP contribution < -0.4 is 4.72 Å². The fraction of sp³-hybridized carbons (Fsp3) is 0.600. The molecular weight excluding hydrogens is 324 g/mol. The van der Waals surface area contributed by atoms with Crippen LogP contribution in [0.1, 0.15) is 20.3 Å². The highest BCUT2D eigenvalue weighted by atomic mass is 35.5. The lowest BCUT2D eigenvalue weighted by Gasteiger charge is -2.35. The Morgan fingerprint density at radius 3 is 2.55 bits per heavy atom. The Hall–Kier alpha value is -0.660. The zero-order chi connectivity index (χ0) is 16.2. The van der Waals surface area contributed by atoms with E-state index in [-0.39, 0.29) is 22.1 Å². The number of hydrogen-bond donors (Lipinski definition) is 1. The largest absolute Gasteiger partial charge is 0.373 e. The molecule has 22 heavy (non-hydrogen) atoms. The van der Waals surface area contributed by atoms with Crippen LogP contribution >= 0.6 is 11.6 Å². The van der Waals surface area contributed by atoms with E-state index < -0.39 is 10.0 Å². The lowest BCUT2D eigenvalue weighted by atomic mass is 10.2. The highest BCUT2D eigenvalue weighted by Gasteiger charge is 2.22. The minimum atomic E-state index is -3.54. The summed E-state index contributed by atoms with van der Waals surface area (Å²) in [5, 5.41) is 0.242. The number of nitrogens with zero attached hydrogens (tertiary/aromatic N) is 1. The van der Waals surface area contributed by atoms with E-state index in [1.54, 1.807) is 18.2 Å². The van der Waals surface area contributed by atoms with Crippen LogP contribution in [0.25, 0.3) is 0 Å². The monoisotopic (exact) mass is 346 g/mol. The van der Waals surface area contributed by atoms with E-state index in [1.807, 2.05) is 0 Å². The molecule has 2 atom stereocenters. The summed E-state index contributed by atoms with van der Waals surface area (Å²) in [6, 6.07) is 6.46. The Morgan fingerprint density at radius 2 is 1.91 bits per heavy atom. The lowest BCUT2D eigenvalue weighted by molar-refractivity contribution is -0.0679. The van der Waals surface area contributed by atoms with Crippen molar-refractivity contribution in [2.24, 2.45) is 0 Å². The highest BCUT2D eigenvalue weighted by Crippen LogP contribution is 2.20. The molecule has 1 aliphatic rings. The second-order valence-electron chi connectivity index (χ2n) is 5.70. The first-order valence-corrected chi connectivity index (χ1v) is 9.36. The molecule has 7 heteroatoms. The first-order chi connectivity index (χ1) is 10.4. The maximum atomic E-state index is 12.2. The van der Waals surface area contributed by atoms with E-state index in [9.17, 15) is 8.42 Å². The minimum Gasteiger partial charge on any atom is -0.373 e. The third-order valence-corrected chi connectivity index (χ3v) is 5.53. The smallest absolute Gasteiger partial charge is 0.242 e. The molecule has 1 aliphatic heterocycles. The predicted octanol–water partition coefficient (Wildman–Crippen LogP) is 2.12. The summed E-state index contributed by atoms with van der Waals surface area (Å²) < 4.78 is 32.6. The average Bonchev–Trinajstić information content (AvgIpc) is 2.43. The summed E-state index contributed by atoms with van der Waals surface area (Å²) >= 11 is 5.93. The molecule has 0 saturated carbocycles. The fourth-order valence-electron chi connectivity index (χ4n) is 2.72. The third-order valence-electron chi connectivity index (χ3n) is 3.56. The van der Waals surface area contributed by atoms with E-state index in [0.29, 0.717) is 6.54 Å². The molecule has 0 bridgehead atoms. The van der Waals surface area contributed by atoms with Gasteiger partial charge in [-0.1, -0.05) is 23.7 Å². The van der Waals surface area contributed by atoms with Gasteiger partial charge >= 0.3 is 0 Å². The second-order valence-corrected chi connectivity index (χ2v) is 7.84. The van der Waals surface area contributed by atoms with E-state index >= 15 is 0 Å². The zero-order valence-electron chi connectivity index (χ0n) is 13.0. The number of morpholine rings is 1. The van der Waals surface area contributed by atoms with E-state index in [4.69, 9.17) is 16.3 Å². The van der Waals surface area contributed by atoms with Gasteiger partial charge in [-0.2, -0.15) is 0 Å². The fourth-order valence-corrected chi connectivity index (χ4v) is 4.31. The number of benzene rings is 1. The van der Waals surface area contributed by atoms with Gasteiger partial charge in [-0.25, -0.2) is 13.1 Å². The molecule has 1 aromatic rings. The van der Waals surface area contributed by atoms with Crippen LogP contribution in [0.3, 0.4) is 0 Å². The molecule has 5 nitrogen and oxygen atoms in total. The van der Waals surface area contributed by atoms with E-state index in [2.05, 4.69) is 23.5 Å². The van der Waals surface area contributed by atoms with Gasteiger partial charge in [0.25, 0.3) is 0 Å². The maximum Gasteiger partial charge on any atom is 0.242 e. The Morgan fingerprint density at radius 1 is 1.27 bits per heavy atom. The number of halogens is 1. The molecule has 0 aliphatic carbocycles. The molecular formula is C15H23ClN2O3S. The van der Waals surface area contributed by atoms with Crippen LogP contribution in [-0.4, -0.2) is 51.7 Å². The van der Waals surface area contributed by atoms with E-state index in [0.717, 1.165) is 26.1 Å². The summed E-state index contributed by atoms with van der Waals surface area (Å²) in [5.74, 6) is 0. The Balaban J connectivity index is 1.80. The van der Waals surface area contributed by atoms with Crippen LogP contribution in [0, 0.1) is 0 Å². The first kappa shape index (κ1) is 17.7. The number of hydrogen-bond acceptors (Lipinski definition) is 4. The van der Waals surface area contributed by atoms with Crippen molar-refractivity contribution in [3.05, 3.63) is 29.3 Å². The van der Waals surface area contributed by atoms with Gasteiger partial charge in [0.1, 0.15) is 4.90 Å². The molecule has 1 heterocycles. The summed E-state index contributed by atoms with van der Waals surface area (Å²) in [7, 11) is -3.54. The summed E-state index contributed by atoms with van der Waals surface area (Å²) in [6.45, 7) is 7.14. The van der Waals surface area contributed by atoms with Crippen molar-refractivity contribution in [2.75, 3.05) is 26.2 Å². The van der Waals surface area contributed by atoms with Crippen molar-refractivity contribution < 1.29 is 13.2 Å². The van der Waals surface area contributed by atoms with Crippen LogP contribution in [0.15, 0.2) is 29.2 Å². The number of rotatable bonds is 6. The topological polar surface area (TPSA) is 58.6 Å². The van der Waals surface area contributed by atoms with Gasteiger partial charge in [-0.15, -0.1) is 0 Å². The molecule has 0 aromatic heterocycles. The Labute approximate surface area is 137 Å². The number of sulfonamides is 1. The van der Waals surface area contributed by atoms with Crippen LogP contribution in [0.2, 0.25) is 5.02 Å². The molecule has 124 valence electrons. The second kappa shape index (κ2) is 7.75.